The van der Waals surface area contributed by atoms with Crippen LogP contribution in [0.5, 0.6) is 0 Å². The van der Waals surface area contributed by atoms with E-state index in [2.05, 4.69) is 15.6 Å². The first-order valence-corrected chi connectivity index (χ1v) is 21.1. The summed E-state index contributed by atoms with van der Waals surface area (Å²) in [6, 6.07) is 10.4. The number of amides is 3. The van der Waals surface area contributed by atoms with Gasteiger partial charge in [0, 0.05) is 30.4 Å². The van der Waals surface area contributed by atoms with Gasteiger partial charge in [0.15, 0.2) is 0 Å². The van der Waals surface area contributed by atoms with Crippen molar-refractivity contribution in [3.63, 3.8) is 0 Å². The lowest BCUT2D eigenvalue weighted by atomic mass is 9.90. The molecule has 1 saturated heterocycles. The number of fused-ring (bicyclic) bond motifs is 1. The van der Waals surface area contributed by atoms with Crippen LogP contribution < -0.4 is 10.6 Å². The molecule has 2 aliphatic rings. The molecule has 7 atom stereocenters. The number of carbonyl (C=O) groups excluding carboxylic acids is 3. The van der Waals surface area contributed by atoms with Gasteiger partial charge in [0.1, 0.15) is 22.8 Å². The highest BCUT2D eigenvalue weighted by molar-refractivity contribution is 7.09. The maximum absolute atomic E-state index is 14.8. The molecule has 4 N–H and O–H groups in total. The Labute approximate surface area is 342 Å². The number of aromatic nitrogens is 1. The van der Waals surface area contributed by atoms with Crippen LogP contribution in [-0.2, 0) is 33.5 Å². The summed E-state index contributed by atoms with van der Waals surface area (Å²) < 4.78 is 40.4. The zero-order valence-electron chi connectivity index (χ0n) is 33.8. The average Bonchev–Trinajstić information content (AvgIpc) is 3.62. The minimum atomic E-state index is -4.63. The fourth-order valence-electron chi connectivity index (χ4n) is 8.10. The Hall–Kier alpha value is -4.34. The van der Waals surface area contributed by atoms with E-state index < -0.39 is 53.8 Å². The second-order valence-corrected chi connectivity index (χ2v) is 17.1. The van der Waals surface area contributed by atoms with Crippen molar-refractivity contribution in [1.82, 2.24) is 25.4 Å². The van der Waals surface area contributed by atoms with Crippen LogP contribution >= 0.6 is 11.3 Å². The number of alkyl halides is 3. The number of piperidine rings is 1. The number of carboxylic acid groups (broad SMARTS) is 1. The number of carbonyl (C=O) groups is 4. The highest BCUT2D eigenvalue weighted by Crippen LogP contribution is 2.37. The highest BCUT2D eigenvalue weighted by Gasteiger charge is 2.39. The maximum Gasteiger partial charge on any atom is 0.416 e. The van der Waals surface area contributed by atoms with E-state index in [0.717, 1.165) is 54.8 Å². The Morgan fingerprint density at radius 1 is 1.05 bits per heavy atom. The summed E-state index contributed by atoms with van der Waals surface area (Å²) in [5.74, 6) is -3.84. The van der Waals surface area contributed by atoms with Gasteiger partial charge < -0.3 is 25.7 Å². The van der Waals surface area contributed by atoms with Gasteiger partial charge >= 0.3 is 12.1 Å². The third-order valence-corrected chi connectivity index (χ3v) is 12.7. The molecule has 2 heterocycles. The lowest BCUT2D eigenvalue weighted by molar-refractivity contribution is -0.143. The summed E-state index contributed by atoms with van der Waals surface area (Å²) in [7, 11) is 1.93. The van der Waals surface area contributed by atoms with Crippen LogP contribution in [0.1, 0.15) is 122 Å². The molecule has 0 radical (unpaired) electrons. The van der Waals surface area contributed by atoms with E-state index in [4.69, 9.17) is 0 Å². The Kier molecular flexibility index (Phi) is 15.1. The molecule has 2 aromatic carbocycles. The van der Waals surface area contributed by atoms with Crippen LogP contribution in [0.2, 0.25) is 0 Å². The molecule has 3 amide bonds. The highest BCUT2D eigenvalue weighted by atomic mass is 32.1. The van der Waals surface area contributed by atoms with Crippen LogP contribution in [0.15, 0.2) is 53.9 Å². The van der Waals surface area contributed by atoms with Crippen LogP contribution in [0.3, 0.4) is 0 Å². The van der Waals surface area contributed by atoms with Crippen molar-refractivity contribution < 1.29 is 42.6 Å². The number of aliphatic carboxylic acids is 1. The second-order valence-electron chi connectivity index (χ2n) is 16.2. The number of carboxylic acids is 1. The molecule has 1 aliphatic carbocycles. The number of halogens is 3. The van der Waals surface area contributed by atoms with Gasteiger partial charge in [0.05, 0.1) is 17.5 Å². The van der Waals surface area contributed by atoms with E-state index in [0.29, 0.717) is 18.4 Å². The number of aryl methyl sites for hydroxylation is 1. The first-order chi connectivity index (χ1) is 27.5. The van der Waals surface area contributed by atoms with Crippen molar-refractivity contribution >= 4 is 35.0 Å². The molecule has 0 saturated carbocycles. The van der Waals surface area contributed by atoms with Crippen molar-refractivity contribution in [2.24, 2.45) is 11.8 Å². The topological polar surface area (TPSA) is 152 Å². The molecule has 3 aromatic rings. The summed E-state index contributed by atoms with van der Waals surface area (Å²) in [6.07, 6.45) is -1.89. The van der Waals surface area contributed by atoms with Crippen molar-refractivity contribution in [2.45, 2.75) is 128 Å². The monoisotopic (exact) mass is 827 g/mol. The SMILES string of the molecule is CCC(C)C(NC(=O)C1CCCCN1C)C(=O)N(Cc1ccccc1)[C@H](C[C@@H](O)c1nc(C(=O)N[C@H]2CCc3ccc(C(F)(F)F)cc3[C@H](C(=O)O)C2)cs1)C(C)C. The molecule has 15 heteroatoms. The molecular formula is C43H56F3N5O6S. The van der Waals surface area contributed by atoms with Gasteiger partial charge in [-0.25, -0.2) is 4.98 Å². The zero-order valence-corrected chi connectivity index (χ0v) is 34.6. The number of likely N-dealkylation sites (tertiary alicyclic amines) is 1. The van der Waals surface area contributed by atoms with E-state index in [9.17, 15) is 42.6 Å². The Bertz CT molecular complexity index is 1890. The predicted molar refractivity (Wildman–Crippen MR) is 215 cm³/mol. The quantitative estimate of drug-likeness (QED) is 0.120. The molecule has 1 aromatic heterocycles. The van der Waals surface area contributed by atoms with Crippen molar-refractivity contribution in [2.75, 3.05) is 13.6 Å². The lowest BCUT2D eigenvalue weighted by Gasteiger charge is -2.40. The Balaban J connectivity index is 1.33. The number of benzene rings is 2. The van der Waals surface area contributed by atoms with E-state index in [1.807, 2.05) is 70.0 Å². The number of nitrogens with one attached hydrogen (secondary N) is 2. The van der Waals surface area contributed by atoms with Gasteiger partial charge in [0.2, 0.25) is 11.8 Å². The van der Waals surface area contributed by atoms with E-state index >= 15 is 0 Å². The normalized spacial score (nSPS) is 20.9. The Morgan fingerprint density at radius 2 is 1.78 bits per heavy atom. The standard InChI is InChI=1S/C43H56F3N5O6S/c1-6-26(4)37(49-39(54)34-14-10-11-19-50(34)5)41(55)51(23-27-12-8-7-9-13-27)35(25(2)3)22-36(52)40-48-33(24-58-40)38(53)47-30-18-16-28-15-17-29(43(44,45)46)20-31(28)32(21-30)42(56)57/h7-9,12-13,15,17,20,24-26,30,32,34-37,52H,6,10-11,14,16,18-19,21-23H2,1-5H3,(H,47,53)(H,49,54)(H,56,57)/t26?,30-,32+,34?,35+,36+,37?/m0/s1. The van der Waals surface area contributed by atoms with Crippen molar-refractivity contribution in [3.8, 4) is 0 Å². The molecule has 3 unspecified atom stereocenters. The second kappa shape index (κ2) is 19.6. The third-order valence-electron chi connectivity index (χ3n) is 11.8. The number of hydrogen-bond acceptors (Lipinski definition) is 8. The first-order valence-electron chi connectivity index (χ1n) is 20.2. The summed E-state index contributed by atoms with van der Waals surface area (Å²) in [5.41, 5.74) is 0.555. The zero-order chi connectivity index (χ0) is 42.3. The van der Waals surface area contributed by atoms with Crippen molar-refractivity contribution in [1.29, 1.82) is 0 Å². The summed E-state index contributed by atoms with van der Waals surface area (Å²) in [5, 5.41) is 29.4. The largest absolute Gasteiger partial charge is 0.481 e. The Morgan fingerprint density at radius 3 is 2.41 bits per heavy atom. The average molecular weight is 828 g/mol. The molecule has 58 heavy (non-hydrogen) atoms. The predicted octanol–water partition coefficient (Wildman–Crippen LogP) is 6.96. The van der Waals surface area contributed by atoms with E-state index in [1.165, 1.54) is 11.4 Å². The minimum Gasteiger partial charge on any atom is -0.481 e. The molecule has 316 valence electrons. The molecule has 1 aliphatic heterocycles. The van der Waals surface area contributed by atoms with Gasteiger partial charge in [-0.05, 0) is 86.4 Å². The number of likely N-dealkylation sites (N-methyl/N-ethyl adjacent to an activating group) is 1. The minimum absolute atomic E-state index is 0.0117. The van der Waals surface area contributed by atoms with Gasteiger partial charge in [-0.2, -0.15) is 13.2 Å². The number of rotatable bonds is 15. The van der Waals surface area contributed by atoms with Gasteiger partial charge in [-0.3, -0.25) is 24.1 Å². The van der Waals surface area contributed by atoms with Crippen LogP contribution in [0.25, 0.3) is 0 Å². The first kappa shape index (κ1) is 44.8. The number of aliphatic hydroxyl groups excluding tert-OH is 1. The molecular weight excluding hydrogens is 772 g/mol. The van der Waals surface area contributed by atoms with Gasteiger partial charge in [0.25, 0.3) is 5.91 Å². The van der Waals surface area contributed by atoms with Crippen LogP contribution in [-0.4, -0.2) is 86.4 Å². The number of nitrogens with zero attached hydrogens (tertiary/aromatic N) is 3. The van der Waals surface area contributed by atoms with Crippen LogP contribution in [0.4, 0.5) is 13.2 Å². The third kappa shape index (κ3) is 11.0. The molecule has 11 nitrogen and oxygen atoms in total. The summed E-state index contributed by atoms with van der Waals surface area (Å²) in [6.45, 7) is 8.93. The molecule has 0 spiro atoms. The summed E-state index contributed by atoms with van der Waals surface area (Å²) >= 11 is 1.08. The number of aliphatic hydroxyl groups is 1. The number of thiazole rings is 1. The fourth-order valence-corrected chi connectivity index (χ4v) is 8.89. The fraction of sp³-hybridized carbons (Fsp3) is 0.558. The molecule has 1 fully saturated rings. The van der Waals surface area contributed by atoms with E-state index in [1.54, 1.807) is 4.90 Å². The molecule has 5 rings (SSSR count). The summed E-state index contributed by atoms with van der Waals surface area (Å²) in [4.78, 5) is 62.4. The van der Waals surface area contributed by atoms with E-state index in [-0.39, 0.29) is 71.8 Å². The van der Waals surface area contributed by atoms with Gasteiger partial charge in [-0.15, -0.1) is 11.3 Å². The van der Waals surface area contributed by atoms with Gasteiger partial charge in [-0.1, -0.05) is 76.9 Å². The maximum atomic E-state index is 14.8. The van der Waals surface area contributed by atoms with Crippen molar-refractivity contribution in [3.05, 3.63) is 86.9 Å². The van der Waals surface area contributed by atoms with Crippen LogP contribution in [0, 0.1) is 11.8 Å². The smallest absolute Gasteiger partial charge is 0.416 e. The lowest BCUT2D eigenvalue weighted by Crippen LogP contribution is -2.58. The molecule has 0 bridgehead atoms. The number of hydrogen-bond donors (Lipinski definition) is 4.